The van der Waals surface area contributed by atoms with Gasteiger partial charge in [0.1, 0.15) is 0 Å². The van der Waals surface area contributed by atoms with Crippen LogP contribution in [0.1, 0.15) is 23.2 Å². The highest BCUT2D eigenvalue weighted by atomic mass is 16.4. The molecule has 0 radical (unpaired) electrons. The quantitative estimate of drug-likeness (QED) is 0.307. The number of hydrogen-bond donors (Lipinski definition) is 3. The van der Waals surface area contributed by atoms with Crippen molar-refractivity contribution in [2.24, 2.45) is 5.92 Å². The first-order valence-electron chi connectivity index (χ1n) is 13.6. The molecule has 1 aliphatic carbocycles. The first-order chi connectivity index (χ1) is 19.4. The number of carboxylic acids is 1. The van der Waals surface area contributed by atoms with Crippen molar-refractivity contribution in [3.8, 4) is 5.69 Å². The molecule has 9 heteroatoms. The van der Waals surface area contributed by atoms with Crippen LogP contribution in [-0.2, 0) is 9.59 Å². The SMILES string of the molecule is O=C(O)CN1CCN(c2ccc(C(=O)Nc3ccc4c(ccn4-c4ccc(NC(=O)C5CC5)cc4)c3)cc2)CC1. The van der Waals surface area contributed by atoms with E-state index in [4.69, 9.17) is 5.11 Å². The molecule has 2 fully saturated rings. The van der Waals surface area contributed by atoms with Gasteiger partial charge in [0.2, 0.25) is 5.91 Å². The van der Waals surface area contributed by atoms with Gasteiger partial charge in [-0.05, 0) is 85.6 Å². The largest absolute Gasteiger partial charge is 0.480 e. The summed E-state index contributed by atoms with van der Waals surface area (Å²) < 4.78 is 2.08. The van der Waals surface area contributed by atoms with Crippen LogP contribution in [0.3, 0.4) is 0 Å². The number of carbonyl (C=O) groups excluding carboxylic acids is 2. The number of fused-ring (bicyclic) bond motifs is 1. The lowest BCUT2D eigenvalue weighted by Crippen LogP contribution is -2.47. The molecule has 1 aromatic heterocycles. The van der Waals surface area contributed by atoms with E-state index in [0.717, 1.165) is 53.9 Å². The number of carbonyl (C=O) groups is 3. The van der Waals surface area contributed by atoms with Crippen molar-refractivity contribution in [1.29, 1.82) is 0 Å². The molecule has 1 saturated carbocycles. The zero-order valence-electron chi connectivity index (χ0n) is 22.0. The lowest BCUT2D eigenvalue weighted by molar-refractivity contribution is -0.138. The Morgan fingerprint density at radius 3 is 2.12 bits per heavy atom. The monoisotopic (exact) mass is 537 g/mol. The number of piperazine rings is 1. The second-order valence-corrected chi connectivity index (χ2v) is 10.4. The third-order valence-corrected chi connectivity index (χ3v) is 7.54. The lowest BCUT2D eigenvalue weighted by Gasteiger charge is -2.35. The predicted molar refractivity (Wildman–Crippen MR) is 155 cm³/mol. The minimum atomic E-state index is -0.804. The molecule has 2 amide bonds. The van der Waals surface area contributed by atoms with Crippen molar-refractivity contribution in [3.05, 3.63) is 84.6 Å². The number of rotatable bonds is 8. The van der Waals surface area contributed by atoms with Gasteiger partial charge >= 0.3 is 5.97 Å². The first-order valence-corrected chi connectivity index (χ1v) is 13.6. The van der Waals surface area contributed by atoms with Crippen molar-refractivity contribution >= 4 is 45.7 Å². The zero-order chi connectivity index (χ0) is 27.6. The molecule has 0 unspecified atom stereocenters. The van der Waals surface area contributed by atoms with Crippen LogP contribution >= 0.6 is 0 Å². The maximum Gasteiger partial charge on any atom is 0.317 e. The van der Waals surface area contributed by atoms with E-state index in [0.29, 0.717) is 24.3 Å². The second-order valence-electron chi connectivity index (χ2n) is 10.4. The highest BCUT2D eigenvalue weighted by Gasteiger charge is 2.29. The van der Waals surface area contributed by atoms with Crippen LogP contribution in [0.2, 0.25) is 0 Å². The van der Waals surface area contributed by atoms with E-state index in [1.54, 1.807) is 0 Å². The summed E-state index contributed by atoms with van der Waals surface area (Å²) in [4.78, 5) is 40.0. The molecule has 0 spiro atoms. The van der Waals surface area contributed by atoms with Gasteiger partial charge in [-0.1, -0.05) is 0 Å². The number of hydrogen-bond acceptors (Lipinski definition) is 5. The predicted octanol–water partition coefficient (Wildman–Crippen LogP) is 4.44. The number of anilines is 3. The molecule has 2 aliphatic rings. The van der Waals surface area contributed by atoms with Gasteiger partial charge in [0, 0.05) is 72.0 Å². The fourth-order valence-corrected chi connectivity index (χ4v) is 5.12. The second kappa shape index (κ2) is 10.9. The zero-order valence-corrected chi connectivity index (χ0v) is 22.0. The summed E-state index contributed by atoms with van der Waals surface area (Å²) in [5.74, 6) is -0.721. The Morgan fingerprint density at radius 2 is 1.45 bits per heavy atom. The van der Waals surface area contributed by atoms with E-state index >= 15 is 0 Å². The van der Waals surface area contributed by atoms with Gasteiger partial charge < -0.3 is 25.2 Å². The topological polar surface area (TPSA) is 107 Å². The molecule has 204 valence electrons. The van der Waals surface area contributed by atoms with Crippen LogP contribution in [0, 0.1) is 5.92 Å². The van der Waals surface area contributed by atoms with Gasteiger partial charge in [-0.3, -0.25) is 19.3 Å². The number of carboxylic acid groups (broad SMARTS) is 1. The van der Waals surface area contributed by atoms with Gasteiger partial charge in [0.05, 0.1) is 12.1 Å². The summed E-state index contributed by atoms with van der Waals surface area (Å²) in [5.41, 5.74) is 5.10. The smallest absolute Gasteiger partial charge is 0.317 e. The Labute approximate surface area is 232 Å². The molecule has 9 nitrogen and oxygen atoms in total. The minimum Gasteiger partial charge on any atom is -0.480 e. The highest BCUT2D eigenvalue weighted by Crippen LogP contribution is 2.30. The normalized spacial score (nSPS) is 15.7. The summed E-state index contributed by atoms with van der Waals surface area (Å²) in [6, 6.07) is 23.2. The fourth-order valence-electron chi connectivity index (χ4n) is 5.12. The number of benzene rings is 3. The minimum absolute atomic E-state index is 0.0672. The van der Waals surface area contributed by atoms with Crippen LogP contribution in [0.25, 0.3) is 16.6 Å². The Hall–Kier alpha value is -4.63. The molecule has 1 aliphatic heterocycles. The molecule has 1 saturated heterocycles. The van der Waals surface area contributed by atoms with Crippen molar-refractivity contribution in [3.63, 3.8) is 0 Å². The van der Waals surface area contributed by atoms with E-state index in [9.17, 15) is 14.4 Å². The summed E-state index contributed by atoms with van der Waals surface area (Å²) in [5, 5.41) is 15.9. The number of aliphatic carboxylic acids is 1. The summed E-state index contributed by atoms with van der Waals surface area (Å²) in [6.07, 6.45) is 3.95. The molecule has 0 bridgehead atoms. The average Bonchev–Trinajstić information content (AvgIpc) is 3.74. The van der Waals surface area contributed by atoms with Crippen LogP contribution in [0.4, 0.5) is 17.1 Å². The van der Waals surface area contributed by atoms with E-state index < -0.39 is 5.97 Å². The number of amides is 2. The first kappa shape index (κ1) is 25.6. The summed E-state index contributed by atoms with van der Waals surface area (Å²) >= 11 is 0. The Kier molecular flexibility index (Phi) is 6.96. The van der Waals surface area contributed by atoms with Gasteiger partial charge in [0.15, 0.2) is 0 Å². The van der Waals surface area contributed by atoms with Gasteiger partial charge in [-0.25, -0.2) is 0 Å². The van der Waals surface area contributed by atoms with Gasteiger partial charge in [-0.15, -0.1) is 0 Å². The molecule has 40 heavy (non-hydrogen) atoms. The molecular weight excluding hydrogens is 506 g/mol. The fraction of sp³-hybridized carbons (Fsp3) is 0.258. The van der Waals surface area contributed by atoms with E-state index in [1.165, 1.54) is 0 Å². The molecule has 6 rings (SSSR count). The van der Waals surface area contributed by atoms with Crippen molar-refractivity contribution in [2.45, 2.75) is 12.8 Å². The molecule has 2 heterocycles. The molecule has 3 aromatic carbocycles. The highest BCUT2D eigenvalue weighted by molar-refractivity contribution is 6.05. The molecule has 0 atom stereocenters. The van der Waals surface area contributed by atoms with Crippen LogP contribution < -0.4 is 15.5 Å². The third-order valence-electron chi connectivity index (χ3n) is 7.54. The maximum atomic E-state index is 12.9. The number of aromatic nitrogens is 1. The van der Waals surface area contributed by atoms with Crippen LogP contribution in [-0.4, -0.2) is 65.1 Å². The standard InChI is InChI=1S/C31H31N5O4/c37-29(38)20-34-15-17-35(18-16-34)26-8-3-22(4-9-26)31(40)33-25-7-12-28-23(19-25)13-14-36(28)27-10-5-24(6-11-27)32-30(39)21-1-2-21/h3-14,19,21H,1-2,15-18,20H2,(H,32,39)(H,33,40)(H,37,38). The Morgan fingerprint density at radius 1 is 0.775 bits per heavy atom. The number of nitrogens with one attached hydrogen (secondary N) is 2. The Bertz CT molecular complexity index is 1550. The van der Waals surface area contributed by atoms with Crippen LogP contribution in [0.5, 0.6) is 0 Å². The summed E-state index contributed by atoms with van der Waals surface area (Å²) in [6.45, 7) is 2.96. The third kappa shape index (κ3) is 5.69. The van der Waals surface area contributed by atoms with E-state index in [-0.39, 0.29) is 24.3 Å². The van der Waals surface area contributed by atoms with E-state index in [2.05, 4.69) is 20.1 Å². The molecule has 3 N–H and O–H groups in total. The number of nitrogens with zero attached hydrogens (tertiary/aromatic N) is 3. The van der Waals surface area contributed by atoms with E-state index in [1.807, 2.05) is 83.9 Å². The summed E-state index contributed by atoms with van der Waals surface area (Å²) in [7, 11) is 0. The van der Waals surface area contributed by atoms with Crippen molar-refractivity contribution < 1.29 is 19.5 Å². The van der Waals surface area contributed by atoms with Crippen molar-refractivity contribution in [2.75, 3.05) is 48.3 Å². The maximum absolute atomic E-state index is 12.9. The Balaban J connectivity index is 1.08. The van der Waals surface area contributed by atoms with Crippen LogP contribution in [0.15, 0.2) is 79.0 Å². The molecular formula is C31H31N5O4. The van der Waals surface area contributed by atoms with Crippen molar-refractivity contribution in [1.82, 2.24) is 9.47 Å². The van der Waals surface area contributed by atoms with Gasteiger partial charge in [-0.2, -0.15) is 0 Å². The lowest BCUT2D eigenvalue weighted by atomic mass is 10.1. The average molecular weight is 538 g/mol. The van der Waals surface area contributed by atoms with Gasteiger partial charge in [0.25, 0.3) is 5.91 Å². The molecule has 4 aromatic rings.